The van der Waals surface area contributed by atoms with Crippen molar-refractivity contribution in [3.63, 3.8) is 0 Å². The zero-order chi connectivity index (χ0) is 18.7. The van der Waals surface area contributed by atoms with Crippen LogP contribution in [0.4, 0.5) is 0 Å². The van der Waals surface area contributed by atoms with Gasteiger partial charge in [0.1, 0.15) is 6.10 Å². The molecule has 0 heterocycles. The van der Waals surface area contributed by atoms with Gasteiger partial charge in [0.05, 0.1) is 0 Å². The summed E-state index contributed by atoms with van der Waals surface area (Å²) in [6.07, 6.45) is 10.3. The maximum Gasteiger partial charge on any atom is 0.305 e. The standard InChI is InChI=1S/C23H34O3/c1-5-21(25)26-20-9-8-18-17-7-6-15-13-16(24)12-14(2)23(15,4)19(17)10-11-22(18,20)3/h12,15,17-20H,5-11,13H2,1-4H3/t15-,17-,18-,19-,20-,22-,23-/m0/s1. The number of fused-ring (bicyclic) bond motifs is 5. The molecule has 0 N–H and O–H groups in total. The summed E-state index contributed by atoms with van der Waals surface area (Å²) in [6.45, 7) is 8.91. The molecule has 0 bridgehead atoms. The Kier molecular flexibility index (Phi) is 4.36. The number of hydrogen-bond donors (Lipinski definition) is 0. The zero-order valence-corrected chi connectivity index (χ0v) is 16.8. The molecule has 7 atom stereocenters. The van der Waals surface area contributed by atoms with E-state index in [4.69, 9.17) is 4.74 Å². The topological polar surface area (TPSA) is 43.4 Å². The SMILES string of the molecule is CCC(=O)O[C@H]1CC[C@H]2[C@@H]3CC[C@H]4CC(=O)C=C(C)[C@]4(C)[C@H]3CC[C@]12C. The van der Waals surface area contributed by atoms with Gasteiger partial charge in [-0.3, -0.25) is 9.59 Å². The van der Waals surface area contributed by atoms with Crippen LogP contribution < -0.4 is 0 Å². The summed E-state index contributed by atoms with van der Waals surface area (Å²) in [6, 6.07) is 0. The molecule has 0 aromatic rings. The van der Waals surface area contributed by atoms with Gasteiger partial charge in [-0.2, -0.15) is 0 Å². The summed E-state index contributed by atoms with van der Waals surface area (Å²) in [5.74, 6) is 2.89. The van der Waals surface area contributed by atoms with Crippen molar-refractivity contribution in [1.82, 2.24) is 0 Å². The number of ether oxygens (including phenoxy) is 1. The predicted molar refractivity (Wildman–Crippen MR) is 101 cm³/mol. The lowest BCUT2D eigenvalue weighted by Crippen LogP contribution is -2.54. The van der Waals surface area contributed by atoms with Crippen LogP contribution in [0.15, 0.2) is 11.6 Å². The van der Waals surface area contributed by atoms with E-state index in [-0.39, 0.29) is 22.9 Å². The largest absolute Gasteiger partial charge is 0.462 e. The highest BCUT2D eigenvalue weighted by molar-refractivity contribution is 5.91. The number of carbonyl (C=O) groups is 2. The monoisotopic (exact) mass is 358 g/mol. The molecule has 0 amide bonds. The Labute approximate surface area is 157 Å². The smallest absolute Gasteiger partial charge is 0.305 e. The van der Waals surface area contributed by atoms with Crippen LogP contribution in [0.1, 0.15) is 79.1 Å². The fourth-order valence-electron chi connectivity index (χ4n) is 7.45. The third-order valence-corrected chi connectivity index (χ3v) is 9.05. The van der Waals surface area contributed by atoms with Crippen LogP contribution in [0.25, 0.3) is 0 Å². The van der Waals surface area contributed by atoms with E-state index in [1.54, 1.807) is 0 Å². The minimum absolute atomic E-state index is 0.0424. The van der Waals surface area contributed by atoms with Crippen molar-refractivity contribution in [2.24, 2.45) is 34.5 Å². The van der Waals surface area contributed by atoms with Gasteiger partial charge in [0.15, 0.2) is 5.78 Å². The van der Waals surface area contributed by atoms with Crippen LogP contribution in [0.3, 0.4) is 0 Å². The molecule has 0 aromatic carbocycles. The van der Waals surface area contributed by atoms with E-state index in [1.165, 1.54) is 31.3 Å². The summed E-state index contributed by atoms with van der Waals surface area (Å²) in [7, 11) is 0. The number of allylic oxidation sites excluding steroid dienone is 2. The Balaban J connectivity index is 1.62. The molecule has 26 heavy (non-hydrogen) atoms. The van der Waals surface area contributed by atoms with Gasteiger partial charge in [-0.05, 0) is 80.6 Å². The van der Waals surface area contributed by atoms with Crippen LogP contribution in [0, 0.1) is 34.5 Å². The van der Waals surface area contributed by atoms with Gasteiger partial charge in [0.25, 0.3) is 0 Å². The van der Waals surface area contributed by atoms with E-state index < -0.39 is 0 Å². The van der Waals surface area contributed by atoms with Crippen LogP contribution in [0.5, 0.6) is 0 Å². The molecule has 0 aromatic heterocycles. The Morgan fingerprint density at radius 1 is 1.15 bits per heavy atom. The van der Waals surface area contributed by atoms with E-state index in [9.17, 15) is 9.59 Å². The van der Waals surface area contributed by atoms with E-state index in [0.29, 0.717) is 30.0 Å². The molecule has 0 aliphatic heterocycles. The normalized spacial score (nSPS) is 47.5. The van der Waals surface area contributed by atoms with Crippen LogP contribution >= 0.6 is 0 Å². The Bertz CT molecular complexity index is 650. The summed E-state index contributed by atoms with van der Waals surface area (Å²) in [5.41, 5.74) is 1.66. The highest BCUT2D eigenvalue weighted by atomic mass is 16.5. The van der Waals surface area contributed by atoms with Gasteiger partial charge in [0, 0.05) is 18.3 Å². The molecule has 3 saturated carbocycles. The molecule has 4 aliphatic carbocycles. The maximum absolute atomic E-state index is 12.1. The maximum atomic E-state index is 12.1. The Hall–Kier alpha value is -1.12. The van der Waals surface area contributed by atoms with Crippen molar-refractivity contribution < 1.29 is 14.3 Å². The first-order valence-corrected chi connectivity index (χ1v) is 10.7. The molecule has 3 fully saturated rings. The lowest BCUT2D eigenvalue weighted by molar-refractivity contribution is -0.161. The van der Waals surface area contributed by atoms with Crippen molar-refractivity contribution in [3.05, 3.63) is 11.6 Å². The summed E-state index contributed by atoms with van der Waals surface area (Å²) < 4.78 is 5.88. The molecule has 3 nitrogen and oxygen atoms in total. The zero-order valence-electron chi connectivity index (χ0n) is 16.8. The molecule has 3 heteroatoms. The molecular weight excluding hydrogens is 324 g/mol. The fraction of sp³-hybridized carbons (Fsp3) is 0.826. The van der Waals surface area contributed by atoms with Crippen molar-refractivity contribution in [2.45, 2.75) is 85.2 Å². The minimum atomic E-state index is -0.0424. The van der Waals surface area contributed by atoms with E-state index in [2.05, 4.69) is 20.8 Å². The van der Waals surface area contributed by atoms with E-state index >= 15 is 0 Å². The first-order valence-electron chi connectivity index (χ1n) is 10.7. The molecule has 4 rings (SSSR count). The van der Waals surface area contributed by atoms with Gasteiger partial charge in [-0.15, -0.1) is 0 Å². The molecule has 0 unspecified atom stereocenters. The second kappa shape index (κ2) is 6.21. The third-order valence-electron chi connectivity index (χ3n) is 9.05. The van der Waals surface area contributed by atoms with Crippen molar-refractivity contribution in [1.29, 1.82) is 0 Å². The number of ketones is 1. The fourth-order valence-corrected chi connectivity index (χ4v) is 7.45. The second-order valence-electron chi connectivity index (χ2n) is 9.89. The molecule has 4 aliphatic rings. The Morgan fingerprint density at radius 3 is 2.65 bits per heavy atom. The van der Waals surface area contributed by atoms with Crippen molar-refractivity contribution in [2.75, 3.05) is 0 Å². The van der Waals surface area contributed by atoms with Crippen LogP contribution in [-0.4, -0.2) is 17.9 Å². The van der Waals surface area contributed by atoms with Gasteiger partial charge in [0.2, 0.25) is 0 Å². The molecule has 0 spiro atoms. The van der Waals surface area contributed by atoms with Gasteiger partial charge >= 0.3 is 5.97 Å². The Morgan fingerprint density at radius 2 is 1.92 bits per heavy atom. The molecular formula is C23H34O3. The number of hydrogen-bond acceptors (Lipinski definition) is 3. The van der Waals surface area contributed by atoms with Gasteiger partial charge < -0.3 is 4.74 Å². The molecule has 0 radical (unpaired) electrons. The lowest BCUT2D eigenvalue weighted by Gasteiger charge is -2.60. The summed E-state index contributed by atoms with van der Waals surface area (Å²) >= 11 is 0. The van der Waals surface area contributed by atoms with Crippen LogP contribution in [0.2, 0.25) is 0 Å². The average molecular weight is 359 g/mol. The average Bonchev–Trinajstić information content (AvgIpc) is 2.93. The van der Waals surface area contributed by atoms with E-state index in [1.807, 2.05) is 13.0 Å². The van der Waals surface area contributed by atoms with Crippen molar-refractivity contribution >= 4 is 11.8 Å². The molecule has 144 valence electrons. The number of carbonyl (C=O) groups excluding carboxylic acids is 2. The van der Waals surface area contributed by atoms with Crippen LogP contribution in [-0.2, 0) is 14.3 Å². The number of rotatable bonds is 2. The number of esters is 1. The highest BCUT2D eigenvalue weighted by Crippen LogP contribution is 2.66. The van der Waals surface area contributed by atoms with Crippen molar-refractivity contribution in [3.8, 4) is 0 Å². The quantitative estimate of drug-likeness (QED) is 0.646. The lowest BCUT2D eigenvalue weighted by atomic mass is 9.45. The summed E-state index contributed by atoms with van der Waals surface area (Å²) in [5, 5.41) is 0. The van der Waals surface area contributed by atoms with Gasteiger partial charge in [-0.25, -0.2) is 0 Å². The minimum Gasteiger partial charge on any atom is -0.462 e. The second-order valence-corrected chi connectivity index (χ2v) is 9.89. The summed E-state index contributed by atoms with van der Waals surface area (Å²) in [4.78, 5) is 24.0. The highest BCUT2D eigenvalue weighted by Gasteiger charge is 2.61. The first-order chi connectivity index (χ1) is 12.3. The first kappa shape index (κ1) is 18.3. The molecule has 0 saturated heterocycles. The predicted octanol–water partition coefficient (Wildman–Crippen LogP) is 5.09. The third kappa shape index (κ3) is 2.45. The van der Waals surface area contributed by atoms with Gasteiger partial charge in [-0.1, -0.05) is 26.3 Å². The van der Waals surface area contributed by atoms with E-state index in [0.717, 1.165) is 25.2 Å².